The number of hydrogen-bond donors (Lipinski definition) is 2. The largest absolute Gasteiger partial charge is 0.357 e. The van der Waals surface area contributed by atoms with E-state index in [1.54, 1.807) is 6.33 Å². The molecule has 4 rings (SSSR count). The molecule has 2 N–H and O–H groups in total. The Morgan fingerprint density at radius 2 is 2.11 bits per heavy atom. The van der Waals surface area contributed by atoms with Gasteiger partial charge in [-0.2, -0.15) is 5.10 Å². The Morgan fingerprint density at radius 1 is 1.22 bits per heavy atom. The minimum atomic E-state index is 0.328. The number of nitrogens with one attached hydrogen (secondary N) is 2. The normalized spacial score (nSPS) is 16.9. The lowest BCUT2D eigenvalue weighted by Crippen LogP contribution is -2.47. The van der Waals surface area contributed by atoms with Gasteiger partial charge in [-0.05, 0) is 36.1 Å². The number of guanidine groups is 1. The molecule has 1 atom stereocenters. The second-order valence-corrected chi connectivity index (χ2v) is 6.89. The molecule has 6 nitrogen and oxygen atoms in total. The van der Waals surface area contributed by atoms with Crippen LogP contribution in [-0.4, -0.2) is 39.9 Å². The zero-order valence-electron chi connectivity index (χ0n) is 15.7. The molecule has 2 heterocycles. The molecule has 0 radical (unpaired) electrons. The Bertz CT molecular complexity index is 924. The third-order valence-corrected chi connectivity index (χ3v) is 5.02. The van der Waals surface area contributed by atoms with E-state index in [0.29, 0.717) is 6.04 Å². The number of nitrogens with zero attached hydrogens (tertiary/aromatic N) is 4. The number of aryl methyl sites for hydroxylation is 1. The first-order chi connectivity index (χ1) is 13.3. The van der Waals surface area contributed by atoms with E-state index in [-0.39, 0.29) is 0 Å². The molecule has 27 heavy (non-hydrogen) atoms. The summed E-state index contributed by atoms with van der Waals surface area (Å²) in [6, 6.07) is 15.4. The van der Waals surface area contributed by atoms with E-state index in [0.717, 1.165) is 50.7 Å². The van der Waals surface area contributed by atoms with Crippen LogP contribution in [0.2, 0.25) is 0 Å². The maximum Gasteiger partial charge on any atom is 0.191 e. The van der Waals surface area contributed by atoms with E-state index in [2.05, 4.69) is 70.1 Å². The van der Waals surface area contributed by atoms with Crippen molar-refractivity contribution in [3.05, 3.63) is 60.2 Å². The molecule has 140 valence electrons. The highest BCUT2D eigenvalue weighted by Crippen LogP contribution is 2.19. The summed E-state index contributed by atoms with van der Waals surface area (Å²) in [4.78, 5) is 9.10. The van der Waals surface area contributed by atoms with Crippen LogP contribution < -0.4 is 10.6 Å². The Labute approximate surface area is 159 Å². The number of fused-ring (bicyclic) bond motifs is 2. The SMILES string of the molecule is CCNC(=NCCc1cccc2ccccc12)NC1CCc2ncnn2C1. The van der Waals surface area contributed by atoms with Crippen LogP contribution in [0.4, 0.5) is 0 Å². The minimum absolute atomic E-state index is 0.328. The van der Waals surface area contributed by atoms with Crippen molar-refractivity contribution in [2.24, 2.45) is 4.99 Å². The quantitative estimate of drug-likeness (QED) is 0.541. The standard InChI is InChI=1S/C21H26N6/c1-2-22-21(26-18-10-11-20-24-15-25-27(20)14-18)23-13-12-17-8-5-7-16-6-3-4-9-19(16)17/h3-9,15,18H,2,10-14H2,1H3,(H2,22,23,26). The molecule has 6 heteroatoms. The van der Waals surface area contributed by atoms with Gasteiger partial charge in [0.1, 0.15) is 12.2 Å². The topological polar surface area (TPSA) is 67.1 Å². The zero-order valence-corrected chi connectivity index (χ0v) is 15.7. The van der Waals surface area contributed by atoms with Crippen molar-refractivity contribution in [1.82, 2.24) is 25.4 Å². The molecule has 0 fully saturated rings. The summed E-state index contributed by atoms with van der Waals surface area (Å²) in [6.45, 7) is 4.54. The highest BCUT2D eigenvalue weighted by atomic mass is 15.4. The third kappa shape index (κ3) is 4.10. The summed E-state index contributed by atoms with van der Waals surface area (Å²) in [6.07, 6.45) is 4.57. The van der Waals surface area contributed by atoms with Crippen LogP contribution in [0.3, 0.4) is 0 Å². The van der Waals surface area contributed by atoms with Crippen LogP contribution in [-0.2, 0) is 19.4 Å². The van der Waals surface area contributed by atoms with Crippen molar-refractivity contribution in [3.63, 3.8) is 0 Å². The first kappa shape index (κ1) is 17.5. The van der Waals surface area contributed by atoms with Crippen molar-refractivity contribution in [3.8, 4) is 0 Å². The van der Waals surface area contributed by atoms with Crippen molar-refractivity contribution >= 4 is 16.7 Å². The summed E-state index contributed by atoms with van der Waals surface area (Å²) < 4.78 is 1.99. The van der Waals surface area contributed by atoms with Crippen molar-refractivity contribution in [2.75, 3.05) is 13.1 Å². The predicted octanol–water partition coefficient (Wildman–Crippen LogP) is 2.54. The number of aromatic nitrogens is 3. The monoisotopic (exact) mass is 362 g/mol. The van der Waals surface area contributed by atoms with Gasteiger partial charge >= 0.3 is 0 Å². The fourth-order valence-corrected chi connectivity index (χ4v) is 3.67. The molecule has 1 unspecified atom stereocenters. The van der Waals surface area contributed by atoms with Gasteiger partial charge in [-0.25, -0.2) is 9.67 Å². The summed E-state index contributed by atoms with van der Waals surface area (Å²) >= 11 is 0. The van der Waals surface area contributed by atoms with Crippen molar-refractivity contribution in [2.45, 2.75) is 38.8 Å². The molecule has 1 aliphatic heterocycles. The van der Waals surface area contributed by atoms with Gasteiger partial charge in [0, 0.05) is 25.6 Å². The first-order valence-electron chi connectivity index (χ1n) is 9.71. The average Bonchev–Trinajstić information content (AvgIpc) is 3.16. The Kier molecular flexibility index (Phi) is 5.32. The summed E-state index contributed by atoms with van der Waals surface area (Å²) in [5.74, 6) is 1.96. The fraction of sp³-hybridized carbons (Fsp3) is 0.381. The lowest BCUT2D eigenvalue weighted by molar-refractivity contribution is 0.393. The van der Waals surface area contributed by atoms with Crippen molar-refractivity contribution < 1.29 is 0 Å². The number of aliphatic imine (C=N–C) groups is 1. The van der Waals surface area contributed by atoms with Gasteiger partial charge in [0.05, 0.1) is 6.54 Å². The van der Waals surface area contributed by atoms with Crippen LogP contribution >= 0.6 is 0 Å². The van der Waals surface area contributed by atoms with Crippen LogP contribution in [0.15, 0.2) is 53.8 Å². The van der Waals surface area contributed by atoms with Gasteiger partial charge in [-0.1, -0.05) is 42.5 Å². The smallest absolute Gasteiger partial charge is 0.191 e. The van der Waals surface area contributed by atoms with Gasteiger partial charge in [0.2, 0.25) is 0 Å². The van der Waals surface area contributed by atoms with Crippen LogP contribution in [0, 0.1) is 0 Å². The number of benzene rings is 2. The van der Waals surface area contributed by atoms with Crippen LogP contribution in [0.1, 0.15) is 24.7 Å². The zero-order chi connectivity index (χ0) is 18.5. The highest BCUT2D eigenvalue weighted by Gasteiger charge is 2.20. The molecule has 0 saturated carbocycles. The van der Waals surface area contributed by atoms with E-state index >= 15 is 0 Å². The lowest BCUT2D eigenvalue weighted by atomic mass is 10.0. The number of rotatable bonds is 5. The van der Waals surface area contributed by atoms with E-state index in [9.17, 15) is 0 Å². The average molecular weight is 362 g/mol. The molecule has 1 aromatic heterocycles. The minimum Gasteiger partial charge on any atom is -0.357 e. The molecule has 0 aliphatic carbocycles. The predicted molar refractivity (Wildman–Crippen MR) is 109 cm³/mol. The van der Waals surface area contributed by atoms with Crippen LogP contribution in [0.25, 0.3) is 10.8 Å². The van der Waals surface area contributed by atoms with E-state index in [1.165, 1.54) is 16.3 Å². The number of hydrogen-bond acceptors (Lipinski definition) is 3. The summed E-state index contributed by atoms with van der Waals surface area (Å²) in [7, 11) is 0. The second-order valence-electron chi connectivity index (χ2n) is 6.89. The first-order valence-corrected chi connectivity index (χ1v) is 9.71. The Morgan fingerprint density at radius 3 is 3.04 bits per heavy atom. The molecular weight excluding hydrogens is 336 g/mol. The molecule has 0 saturated heterocycles. The van der Waals surface area contributed by atoms with E-state index in [1.807, 2.05) is 4.68 Å². The summed E-state index contributed by atoms with van der Waals surface area (Å²) in [5, 5.41) is 13.8. The molecule has 1 aliphatic rings. The second kappa shape index (κ2) is 8.20. The summed E-state index contributed by atoms with van der Waals surface area (Å²) in [5.41, 5.74) is 1.35. The van der Waals surface area contributed by atoms with E-state index in [4.69, 9.17) is 4.99 Å². The Hall–Kier alpha value is -2.89. The molecule has 0 amide bonds. The lowest BCUT2D eigenvalue weighted by Gasteiger charge is -2.25. The molecule has 3 aromatic rings. The third-order valence-electron chi connectivity index (χ3n) is 5.02. The highest BCUT2D eigenvalue weighted by molar-refractivity contribution is 5.85. The Balaban J connectivity index is 1.41. The van der Waals surface area contributed by atoms with Gasteiger partial charge in [0.25, 0.3) is 0 Å². The van der Waals surface area contributed by atoms with Crippen LogP contribution in [0.5, 0.6) is 0 Å². The van der Waals surface area contributed by atoms with Crippen molar-refractivity contribution in [1.29, 1.82) is 0 Å². The maximum absolute atomic E-state index is 4.80. The van der Waals surface area contributed by atoms with Gasteiger partial charge in [0.15, 0.2) is 5.96 Å². The molecular formula is C21H26N6. The van der Waals surface area contributed by atoms with Gasteiger partial charge < -0.3 is 10.6 Å². The maximum atomic E-state index is 4.80. The van der Waals surface area contributed by atoms with Gasteiger partial charge in [-0.15, -0.1) is 0 Å². The molecule has 0 spiro atoms. The molecule has 2 aromatic carbocycles. The molecule has 0 bridgehead atoms. The van der Waals surface area contributed by atoms with Gasteiger partial charge in [-0.3, -0.25) is 4.99 Å². The fourth-order valence-electron chi connectivity index (χ4n) is 3.67. The van der Waals surface area contributed by atoms with E-state index < -0.39 is 0 Å².